The normalized spacial score (nSPS) is 23.4. The van der Waals surface area contributed by atoms with Crippen molar-refractivity contribution in [2.75, 3.05) is 63.9 Å². The highest BCUT2D eigenvalue weighted by atomic mass is 16.5. The van der Waals surface area contributed by atoms with Crippen molar-refractivity contribution < 1.29 is 14.3 Å². The molecule has 3 fully saturated rings. The molecule has 176 valence electrons. The first-order chi connectivity index (χ1) is 15.6. The van der Waals surface area contributed by atoms with Gasteiger partial charge in [-0.2, -0.15) is 0 Å². The number of piperidine rings is 2. The highest BCUT2D eigenvalue weighted by Crippen LogP contribution is 2.23. The van der Waals surface area contributed by atoms with Crippen LogP contribution >= 0.6 is 0 Å². The Kier molecular flexibility index (Phi) is 8.03. The van der Waals surface area contributed by atoms with E-state index in [2.05, 4.69) is 46.3 Å². The number of aryl methyl sites for hydroxylation is 1. The Labute approximate surface area is 192 Å². The van der Waals surface area contributed by atoms with Crippen LogP contribution in [0.3, 0.4) is 0 Å². The third-order valence-corrected chi connectivity index (χ3v) is 7.09. The van der Waals surface area contributed by atoms with Gasteiger partial charge in [-0.1, -0.05) is 12.1 Å². The molecule has 32 heavy (non-hydrogen) atoms. The summed E-state index contributed by atoms with van der Waals surface area (Å²) < 4.78 is 5.40. The number of carbonyl (C=O) groups is 2. The summed E-state index contributed by atoms with van der Waals surface area (Å²) in [5, 5.41) is 3.29. The lowest BCUT2D eigenvalue weighted by atomic mass is 9.95. The average Bonchev–Trinajstić information content (AvgIpc) is 2.81. The number of nitrogens with one attached hydrogen (secondary N) is 1. The smallest absolute Gasteiger partial charge is 0.225 e. The van der Waals surface area contributed by atoms with Gasteiger partial charge in [0.05, 0.1) is 19.1 Å². The maximum atomic E-state index is 13.0. The molecule has 3 heterocycles. The summed E-state index contributed by atoms with van der Waals surface area (Å²) >= 11 is 0. The SMILES string of the molecule is Cc1cccc(N2CCC(NC(=O)[C@H]3CCC(=O)N(CCCN4CCOCC4)C3)CC2)c1. The van der Waals surface area contributed by atoms with Crippen molar-refractivity contribution in [2.45, 2.75) is 45.1 Å². The van der Waals surface area contributed by atoms with Crippen molar-refractivity contribution in [3.05, 3.63) is 29.8 Å². The molecule has 3 saturated heterocycles. The molecule has 4 rings (SSSR count). The summed E-state index contributed by atoms with van der Waals surface area (Å²) in [7, 11) is 0. The number of ether oxygens (including phenoxy) is 1. The fourth-order valence-electron chi connectivity index (χ4n) is 5.08. The summed E-state index contributed by atoms with van der Waals surface area (Å²) in [6.07, 6.45) is 4.05. The van der Waals surface area contributed by atoms with Gasteiger partial charge in [-0.05, 0) is 50.3 Å². The Hall–Kier alpha value is -2.12. The van der Waals surface area contributed by atoms with Crippen molar-refractivity contribution in [3.8, 4) is 0 Å². The molecule has 0 aliphatic carbocycles. The van der Waals surface area contributed by atoms with Gasteiger partial charge in [0.25, 0.3) is 0 Å². The lowest BCUT2D eigenvalue weighted by molar-refractivity contribution is -0.138. The molecule has 3 aliphatic rings. The zero-order valence-electron chi connectivity index (χ0n) is 19.4. The third-order valence-electron chi connectivity index (χ3n) is 7.09. The monoisotopic (exact) mass is 442 g/mol. The van der Waals surface area contributed by atoms with Crippen molar-refractivity contribution >= 4 is 17.5 Å². The number of benzene rings is 1. The first-order valence-electron chi connectivity index (χ1n) is 12.3. The first-order valence-corrected chi connectivity index (χ1v) is 12.3. The van der Waals surface area contributed by atoms with Crippen molar-refractivity contribution in [3.63, 3.8) is 0 Å². The Morgan fingerprint density at radius 3 is 2.62 bits per heavy atom. The van der Waals surface area contributed by atoms with Gasteiger partial charge in [0.2, 0.25) is 11.8 Å². The van der Waals surface area contributed by atoms with E-state index in [1.807, 2.05) is 4.90 Å². The molecule has 0 spiro atoms. The molecule has 1 N–H and O–H groups in total. The third kappa shape index (κ3) is 6.23. The van der Waals surface area contributed by atoms with Crippen molar-refractivity contribution in [1.82, 2.24) is 15.1 Å². The lowest BCUT2D eigenvalue weighted by Crippen LogP contribution is -2.50. The summed E-state index contributed by atoms with van der Waals surface area (Å²) in [6, 6.07) is 8.85. The zero-order valence-corrected chi connectivity index (χ0v) is 19.4. The average molecular weight is 443 g/mol. The highest BCUT2D eigenvalue weighted by Gasteiger charge is 2.31. The van der Waals surface area contributed by atoms with Gasteiger partial charge in [0.1, 0.15) is 0 Å². The molecule has 0 unspecified atom stereocenters. The molecule has 1 atom stereocenters. The van der Waals surface area contributed by atoms with Crippen LogP contribution in [0, 0.1) is 12.8 Å². The number of hydrogen-bond acceptors (Lipinski definition) is 5. The van der Waals surface area contributed by atoms with Crippen LogP contribution < -0.4 is 10.2 Å². The molecule has 3 aliphatic heterocycles. The first kappa shape index (κ1) is 23.1. The molecule has 7 nitrogen and oxygen atoms in total. The molecule has 7 heteroatoms. The van der Waals surface area contributed by atoms with Crippen LogP contribution in [0.4, 0.5) is 5.69 Å². The van der Waals surface area contributed by atoms with Crippen LogP contribution in [0.2, 0.25) is 0 Å². The predicted octanol–water partition coefficient (Wildman–Crippen LogP) is 2.04. The quantitative estimate of drug-likeness (QED) is 0.700. The predicted molar refractivity (Wildman–Crippen MR) is 126 cm³/mol. The highest BCUT2D eigenvalue weighted by molar-refractivity contribution is 5.84. The molecule has 0 bridgehead atoms. The van der Waals surface area contributed by atoms with Gasteiger partial charge < -0.3 is 19.9 Å². The van der Waals surface area contributed by atoms with E-state index in [9.17, 15) is 9.59 Å². The number of likely N-dealkylation sites (tertiary alicyclic amines) is 1. The van der Waals surface area contributed by atoms with E-state index in [0.29, 0.717) is 19.4 Å². The van der Waals surface area contributed by atoms with Crippen LogP contribution in [-0.2, 0) is 14.3 Å². The lowest BCUT2D eigenvalue weighted by Gasteiger charge is -2.36. The van der Waals surface area contributed by atoms with Crippen LogP contribution in [0.15, 0.2) is 24.3 Å². The minimum absolute atomic E-state index is 0.0779. The molecule has 0 aromatic heterocycles. The van der Waals surface area contributed by atoms with Crippen molar-refractivity contribution in [1.29, 1.82) is 0 Å². The van der Waals surface area contributed by atoms with E-state index < -0.39 is 0 Å². The number of amides is 2. The van der Waals surface area contributed by atoms with E-state index in [4.69, 9.17) is 4.74 Å². The number of morpholine rings is 1. The van der Waals surface area contributed by atoms with Crippen LogP contribution in [0.5, 0.6) is 0 Å². The number of nitrogens with zero attached hydrogens (tertiary/aromatic N) is 3. The molecule has 1 aromatic carbocycles. The summed E-state index contributed by atoms with van der Waals surface area (Å²) in [5.41, 5.74) is 2.55. The minimum atomic E-state index is -0.0779. The fourth-order valence-corrected chi connectivity index (χ4v) is 5.08. The Morgan fingerprint density at radius 2 is 1.88 bits per heavy atom. The second-order valence-electron chi connectivity index (χ2n) is 9.49. The van der Waals surface area contributed by atoms with Gasteiger partial charge in [0, 0.05) is 64.0 Å². The van der Waals surface area contributed by atoms with Gasteiger partial charge in [-0.25, -0.2) is 0 Å². The maximum absolute atomic E-state index is 13.0. The molecule has 0 radical (unpaired) electrons. The van der Waals surface area contributed by atoms with E-state index in [1.165, 1.54) is 11.3 Å². The van der Waals surface area contributed by atoms with Crippen molar-refractivity contribution in [2.24, 2.45) is 5.92 Å². The van der Waals surface area contributed by atoms with Gasteiger partial charge in [0.15, 0.2) is 0 Å². The van der Waals surface area contributed by atoms with Crippen LogP contribution in [0.25, 0.3) is 0 Å². The van der Waals surface area contributed by atoms with E-state index in [1.54, 1.807) is 0 Å². The maximum Gasteiger partial charge on any atom is 0.225 e. The molecular formula is C25H38N4O3. The van der Waals surface area contributed by atoms with E-state index in [-0.39, 0.29) is 23.8 Å². The second kappa shape index (κ2) is 11.1. The number of rotatable bonds is 7. The number of hydrogen-bond donors (Lipinski definition) is 1. The van der Waals surface area contributed by atoms with E-state index in [0.717, 1.165) is 71.7 Å². The van der Waals surface area contributed by atoms with Crippen LogP contribution in [-0.4, -0.2) is 86.7 Å². The van der Waals surface area contributed by atoms with E-state index >= 15 is 0 Å². The molecule has 2 amide bonds. The van der Waals surface area contributed by atoms with Gasteiger partial charge >= 0.3 is 0 Å². The number of carbonyl (C=O) groups excluding carboxylic acids is 2. The second-order valence-corrected chi connectivity index (χ2v) is 9.49. The summed E-state index contributed by atoms with van der Waals surface area (Å²) in [6.45, 7) is 9.90. The Morgan fingerprint density at radius 1 is 1.09 bits per heavy atom. The topological polar surface area (TPSA) is 65.1 Å². The largest absolute Gasteiger partial charge is 0.379 e. The zero-order chi connectivity index (χ0) is 22.3. The standard InChI is InChI=1S/C25H38N4O3/c1-20-4-2-5-23(18-20)28-12-8-22(9-13-28)26-25(31)21-6-7-24(30)29(19-21)11-3-10-27-14-16-32-17-15-27/h2,4-5,18,21-22H,3,6-17,19H2,1H3,(H,26,31)/t21-/m0/s1. The minimum Gasteiger partial charge on any atom is -0.379 e. The molecule has 1 aromatic rings. The van der Waals surface area contributed by atoms with Crippen LogP contribution in [0.1, 0.15) is 37.7 Å². The summed E-state index contributed by atoms with van der Waals surface area (Å²) in [5.74, 6) is 0.248. The van der Waals surface area contributed by atoms with Gasteiger partial charge in [-0.3, -0.25) is 14.5 Å². The Balaban J connectivity index is 1.19. The Bertz CT molecular complexity index is 772. The number of anilines is 1. The summed E-state index contributed by atoms with van der Waals surface area (Å²) in [4.78, 5) is 32.0. The van der Waals surface area contributed by atoms with Gasteiger partial charge in [-0.15, -0.1) is 0 Å². The molecular weight excluding hydrogens is 404 g/mol. The molecule has 0 saturated carbocycles. The fraction of sp³-hybridized carbons (Fsp3) is 0.680.